The molecule has 1 heterocycles. The highest BCUT2D eigenvalue weighted by Gasteiger charge is 2.56. The number of rotatable bonds is 2. The van der Waals surface area contributed by atoms with Crippen LogP contribution in [0.3, 0.4) is 0 Å². The molecule has 8 heteroatoms. The quantitative estimate of drug-likeness (QED) is 0.875. The van der Waals surface area contributed by atoms with Crippen molar-refractivity contribution in [2.24, 2.45) is 11.7 Å². The standard InChI is InChI=1S/C15H18F3N3O2/c1-14(2)11(15(16,17)18)6-7-21(14)12(22)9-4-3-5-10(8-9)20-13(19)23/h3-5,8,11H,6-7H2,1-2H3,(H3,19,20,23). The summed E-state index contributed by atoms with van der Waals surface area (Å²) >= 11 is 0. The molecule has 0 radical (unpaired) electrons. The average molecular weight is 329 g/mol. The minimum absolute atomic E-state index is 0.0312. The van der Waals surface area contributed by atoms with Crippen LogP contribution < -0.4 is 11.1 Å². The Bertz CT molecular complexity index is 629. The molecule has 23 heavy (non-hydrogen) atoms. The van der Waals surface area contributed by atoms with E-state index >= 15 is 0 Å². The topological polar surface area (TPSA) is 75.4 Å². The van der Waals surface area contributed by atoms with Crippen LogP contribution in [0.1, 0.15) is 30.6 Å². The first-order chi connectivity index (χ1) is 10.5. The Morgan fingerprint density at radius 2 is 2.00 bits per heavy atom. The lowest BCUT2D eigenvalue weighted by atomic mass is 9.87. The normalized spacial score (nSPS) is 20.4. The van der Waals surface area contributed by atoms with Crippen LogP contribution in [0.5, 0.6) is 0 Å². The molecule has 1 aromatic carbocycles. The van der Waals surface area contributed by atoms with Crippen molar-refractivity contribution >= 4 is 17.6 Å². The molecule has 5 nitrogen and oxygen atoms in total. The zero-order valence-corrected chi connectivity index (χ0v) is 12.8. The number of carbonyl (C=O) groups is 2. The number of likely N-dealkylation sites (tertiary alicyclic amines) is 1. The summed E-state index contributed by atoms with van der Waals surface area (Å²) in [7, 11) is 0. The Labute approximate surface area is 131 Å². The van der Waals surface area contributed by atoms with E-state index in [0.29, 0.717) is 5.69 Å². The third-order valence-electron chi connectivity index (χ3n) is 4.21. The summed E-state index contributed by atoms with van der Waals surface area (Å²) in [4.78, 5) is 24.7. The number of urea groups is 1. The third-order valence-corrected chi connectivity index (χ3v) is 4.21. The highest BCUT2D eigenvalue weighted by Crippen LogP contribution is 2.45. The van der Waals surface area contributed by atoms with Gasteiger partial charge in [-0.2, -0.15) is 13.2 Å². The number of nitrogens with zero attached hydrogens (tertiary/aromatic N) is 1. The molecule has 0 aliphatic carbocycles. The van der Waals surface area contributed by atoms with Crippen LogP contribution in [0.2, 0.25) is 0 Å². The van der Waals surface area contributed by atoms with Crippen molar-refractivity contribution in [3.63, 3.8) is 0 Å². The zero-order valence-electron chi connectivity index (χ0n) is 12.8. The van der Waals surface area contributed by atoms with Crippen molar-refractivity contribution in [3.05, 3.63) is 29.8 Å². The predicted molar refractivity (Wildman–Crippen MR) is 78.9 cm³/mol. The molecule has 1 atom stereocenters. The van der Waals surface area contributed by atoms with Crippen molar-refractivity contribution in [2.75, 3.05) is 11.9 Å². The molecule has 3 N–H and O–H groups in total. The molecule has 0 aromatic heterocycles. The first-order valence-electron chi connectivity index (χ1n) is 7.08. The molecule has 2 rings (SSSR count). The number of nitrogens with two attached hydrogens (primary N) is 1. The van der Waals surface area contributed by atoms with Crippen molar-refractivity contribution in [1.29, 1.82) is 0 Å². The summed E-state index contributed by atoms with van der Waals surface area (Å²) in [6.07, 6.45) is -4.48. The molecule has 0 saturated carbocycles. The second-order valence-electron chi connectivity index (χ2n) is 6.06. The van der Waals surface area contributed by atoms with Crippen LogP contribution >= 0.6 is 0 Å². The van der Waals surface area contributed by atoms with E-state index in [2.05, 4.69) is 5.32 Å². The number of hydrogen-bond acceptors (Lipinski definition) is 2. The van der Waals surface area contributed by atoms with Gasteiger partial charge in [0.2, 0.25) is 0 Å². The summed E-state index contributed by atoms with van der Waals surface area (Å²) in [5, 5.41) is 2.33. The van der Waals surface area contributed by atoms with Gasteiger partial charge in [0, 0.05) is 23.3 Å². The van der Waals surface area contributed by atoms with Gasteiger partial charge >= 0.3 is 12.2 Å². The SMILES string of the molecule is CC1(C)C(C(F)(F)F)CCN1C(=O)c1cccc(NC(N)=O)c1. The number of benzene rings is 1. The number of anilines is 1. The summed E-state index contributed by atoms with van der Waals surface area (Å²) < 4.78 is 39.3. The summed E-state index contributed by atoms with van der Waals surface area (Å²) in [6, 6.07) is 5.17. The minimum Gasteiger partial charge on any atom is -0.351 e. The molecule has 1 aliphatic heterocycles. The van der Waals surface area contributed by atoms with E-state index in [1.807, 2.05) is 0 Å². The maximum atomic E-state index is 13.1. The molecule has 0 spiro atoms. The number of alkyl halides is 3. The van der Waals surface area contributed by atoms with Crippen LogP contribution in [-0.4, -0.2) is 35.1 Å². The van der Waals surface area contributed by atoms with Crippen LogP contribution in [0.4, 0.5) is 23.7 Å². The second-order valence-corrected chi connectivity index (χ2v) is 6.06. The fourth-order valence-electron chi connectivity index (χ4n) is 3.04. The lowest BCUT2D eigenvalue weighted by Crippen LogP contribution is -2.49. The van der Waals surface area contributed by atoms with Gasteiger partial charge in [0.25, 0.3) is 5.91 Å². The van der Waals surface area contributed by atoms with E-state index in [1.54, 1.807) is 0 Å². The monoisotopic (exact) mass is 329 g/mol. The van der Waals surface area contributed by atoms with Gasteiger partial charge < -0.3 is 16.0 Å². The van der Waals surface area contributed by atoms with Crippen molar-refractivity contribution < 1.29 is 22.8 Å². The van der Waals surface area contributed by atoms with E-state index < -0.39 is 29.6 Å². The number of amides is 3. The molecule has 1 aliphatic rings. The number of primary amides is 1. The van der Waals surface area contributed by atoms with Crippen molar-refractivity contribution in [2.45, 2.75) is 32.0 Å². The maximum Gasteiger partial charge on any atom is 0.394 e. The summed E-state index contributed by atoms with van der Waals surface area (Å²) in [5.74, 6) is -2.07. The average Bonchev–Trinajstić information content (AvgIpc) is 2.72. The van der Waals surface area contributed by atoms with Crippen LogP contribution in [0, 0.1) is 5.92 Å². The van der Waals surface area contributed by atoms with Gasteiger partial charge in [0.15, 0.2) is 0 Å². The summed E-state index contributed by atoms with van der Waals surface area (Å²) in [5.41, 5.74) is 4.19. The Morgan fingerprint density at radius 3 is 2.52 bits per heavy atom. The zero-order chi connectivity index (χ0) is 17.4. The molecule has 1 unspecified atom stereocenters. The van der Waals surface area contributed by atoms with Gasteiger partial charge in [0.1, 0.15) is 0 Å². The molecule has 1 aromatic rings. The smallest absolute Gasteiger partial charge is 0.351 e. The Kier molecular flexibility index (Phi) is 4.28. The van der Waals surface area contributed by atoms with Gasteiger partial charge in [0.05, 0.1) is 5.92 Å². The predicted octanol–water partition coefficient (Wildman–Crippen LogP) is 2.98. The van der Waals surface area contributed by atoms with Crippen LogP contribution in [0.15, 0.2) is 24.3 Å². The highest BCUT2D eigenvalue weighted by molar-refractivity contribution is 5.97. The number of nitrogens with one attached hydrogen (secondary N) is 1. The molecular weight excluding hydrogens is 311 g/mol. The van der Waals surface area contributed by atoms with E-state index in [9.17, 15) is 22.8 Å². The van der Waals surface area contributed by atoms with Gasteiger partial charge in [-0.05, 0) is 38.5 Å². The van der Waals surface area contributed by atoms with Crippen LogP contribution in [-0.2, 0) is 0 Å². The van der Waals surface area contributed by atoms with Gasteiger partial charge in [-0.3, -0.25) is 4.79 Å². The van der Waals surface area contributed by atoms with Crippen LogP contribution in [0.25, 0.3) is 0 Å². The fourth-order valence-corrected chi connectivity index (χ4v) is 3.04. The fraction of sp³-hybridized carbons (Fsp3) is 0.467. The number of halogens is 3. The second kappa shape index (κ2) is 5.75. The third kappa shape index (κ3) is 3.40. The largest absolute Gasteiger partial charge is 0.394 e. The number of hydrogen-bond donors (Lipinski definition) is 2. The lowest BCUT2D eigenvalue weighted by molar-refractivity contribution is -0.189. The van der Waals surface area contributed by atoms with Gasteiger partial charge in [-0.15, -0.1) is 0 Å². The molecule has 1 saturated heterocycles. The maximum absolute atomic E-state index is 13.1. The van der Waals surface area contributed by atoms with E-state index in [0.717, 1.165) is 0 Å². The number of carbonyl (C=O) groups excluding carboxylic acids is 2. The molecule has 126 valence electrons. The van der Waals surface area contributed by atoms with E-state index in [1.165, 1.54) is 43.0 Å². The van der Waals surface area contributed by atoms with Gasteiger partial charge in [-0.1, -0.05) is 6.07 Å². The van der Waals surface area contributed by atoms with Crippen molar-refractivity contribution in [1.82, 2.24) is 4.90 Å². The summed E-state index contributed by atoms with van der Waals surface area (Å²) in [6.45, 7) is 2.87. The molecule has 0 bridgehead atoms. The molecular formula is C15H18F3N3O2. The first kappa shape index (κ1) is 17.1. The van der Waals surface area contributed by atoms with E-state index in [-0.39, 0.29) is 18.5 Å². The highest BCUT2D eigenvalue weighted by atomic mass is 19.4. The Balaban J connectivity index is 2.26. The Hall–Kier alpha value is -2.25. The molecule has 3 amide bonds. The van der Waals surface area contributed by atoms with Crippen molar-refractivity contribution in [3.8, 4) is 0 Å². The lowest BCUT2D eigenvalue weighted by Gasteiger charge is -2.36. The van der Waals surface area contributed by atoms with E-state index in [4.69, 9.17) is 5.73 Å². The molecule has 1 fully saturated rings. The first-order valence-corrected chi connectivity index (χ1v) is 7.08. The minimum atomic E-state index is -4.35. The van der Waals surface area contributed by atoms with Gasteiger partial charge in [-0.25, -0.2) is 4.79 Å². The Morgan fingerprint density at radius 1 is 1.35 bits per heavy atom.